The number of benzene rings is 3. The van der Waals surface area contributed by atoms with Crippen LogP contribution in [0.5, 0.6) is 11.5 Å². The highest BCUT2D eigenvalue weighted by Gasteiger charge is 2.30. The number of allylic oxidation sites excluding steroid dienone is 1. The fraction of sp³-hybridized carbons (Fsp3) is 0.354. The molecule has 3 N–H and O–H groups in total. The topological polar surface area (TPSA) is 131 Å². The summed E-state index contributed by atoms with van der Waals surface area (Å²) in [7, 11) is 0. The number of nitrogens with zero attached hydrogens (tertiary/aromatic N) is 4. The number of nitrogens with one attached hydrogen (secondary N) is 3. The number of fused-ring (bicyclic) bond motifs is 1. The van der Waals surface area contributed by atoms with Gasteiger partial charge in [-0.1, -0.05) is 49.2 Å². The van der Waals surface area contributed by atoms with Gasteiger partial charge in [0.15, 0.2) is 4.90 Å². The van der Waals surface area contributed by atoms with Crippen LogP contribution in [0.1, 0.15) is 61.9 Å². The largest absolute Gasteiger partial charge is 0.588 e. The van der Waals surface area contributed by atoms with E-state index in [4.69, 9.17) is 21.1 Å². The maximum atomic E-state index is 14.1. The van der Waals surface area contributed by atoms with Crippen LogP contribution in [0.25, 0.3) is 27.0 Å². The zero-order valence-electron chi connectivity index (χ0n) is 35.1. The van der Waals surface area contributed by atoms with Gasteiger partial charge in [-0.15, -0.1) is 11.3 Å². The van der Waals surface area contributed by atoms with Crippen LogP contribution in [-0.4, -0.2) is 82.8 Å². The van der Waals surface area contributed by atoms with Gasteiger partial charge in [-0.3, -0.25) is 9.69 Å². The monoisotopic (exact) mass is 889 g/mol. The first-order chi connectivity index (χ1) is 30.2. The maximum absolute atomic E-state index is 14.1. The number of piperazine rings is 1. The van der Waals surface area contributed by atoms with Crippen LogP contribution in [-0.2, 0) is 16.1 Å². The third kappa shape index (κ3) is 9.83. The Hall–Kier alpha value is -4.89. The number of thiazole rings is 1. The molecule has 1 atom stereocenters. The molecular formula is C48H52ClN7O4S2. The molecule has 3 aromatic carbocycles. The van der Waals surface area contributed by atoms with Gasteiger partial charge in [-0.05, 0) is 97.0 Å². The molecule has 0 spiro atoms. The fourth-order valence-corrected chi connectivity index (χ4v) is 10.3. The summed E-state index contributed by atoms with van der Waals surface area (Å²) in [5, 5.41) is 7.80. The summed E-state index contributed by atoms with van der Waals surface area (Å²) in [5.41, 5.74) is 7.41. The molecule has 0 radical (unpaired) electrons. The number of pyridine rings is 1. The number of hydrogen-bond donors (Lipinski definition) is 3. The summed E-state index contributed by atoms with van der Waals surface area (Å²) in [6.45, 7) is 11.4. The summed E-state index contributed by atoms with van der Waals surface area (Å²) >= 11 is 5.82. The molecule has 62 heavy (non-hydrogen) atoms. The Morgan fingerprint density at radius 2 is 1.85 bits per heavy atom. The lowest BCUT2D eigenvalue weighted by Crippen LogP contribution is -2.47. The van der Waals surface area contributed by atoms with E-state index in [0.29, 0.717) is 28.1 Å². The number of aromatic nitrogens is 3. The van der Waals surface area contributed by atoms with Gasteiger partial charge in [0.1, 0.15) is 33.7 Å². The summed E-state index contributed by atoms with van der Waals surface area (Å²) in [6, 6.07) is 23.5. The first kappa shape index (κ1) is 42.4. The molecule has 0 bridgehead atoms. The predicted octanol–water partition coefficient (Wildman–Crippen LogP) is 10.2. The van der Waals surface area contributed by atoms with Gasteiger partial charge in [-0.25, -0.2) is 9.97 Å². The Labute approximate surface area is 375 Å². The van der Waals surface area contributed by atoms with E-state index in [1.807, 2.05) is 60.1 Å². The SMILES string of the molecule is CC1(C)CCC(CN2CCN(c3ccc(C(=O)N[S+]([O-])c4cnc(NCC5CCOCC5)c(-c5nccs5)c4)c(Oc4cccc5[nH]ccc45)c3)CC2)=C(c2ccc(Cl)cc2)C1. The summed E-state index contributed by atoms with van der Waals surface area (Å²) in [6.07, 6.45) is 10.5. The average molecular weight is 891 g/mol. The number of ether oxygens (including phenoxy) is 2. The van der Waals surface area contributed by atoms with E-state index in [0.717, 1.165) is 110 Å². The van der Waals surface area contributed by atoms with Crippen molar-refractivity contribution in [1.82, 2.24) is 24.6 Å². The molecule has 3 aromatic heterocycles. The highest BCUT2D eigenvalue weighted by atomic mass is 35.5. The molecule has 1 aliphatic carbocycles. The van der Waals surface area contributed by atoms with Crippen LogP contribution in [0.15, 0.2) is 107 Å². The first-order valence-corrected chi connectivity index (χ1v) is 23.8. The summed E-state index contributed by atoms with van der Waals surface area (Å²) < 4.78 is 28.8. The Kier molecular flexibility index (Phi) is 12.9. The molecule has 11 nitrogen and oxygen atoms in total. The number of carbonyl (C=O) groups excluding carboxylic acids is 1. The molecule has 1 amide bonds. The third-order valence-corrected chi connectivity index (χ3v) is 14.4. The Balaban J connectivity index is 0.929. The molecule has 3 aliphatic rings. The standard InChI is InChI=1S/C48H52ClN7O4S2/c1-48(2)16-12-34(41(28-48)33-6-8-35(49)9-7-33)31-55-19-21-56(22-20-55)36-10-11-39(44(26-36)60-43-5-3-4-42-38(43)13-17-50-42)46(57)54-62(58)37-27-40(47-51-18-25-61-47)45(53-30-37)52-29-32-14-23-59-24-15-32/h3-11,13,17-18,25-27,30,32,50H,12,14-16,19-24,28-29,31H2,1-2H3,(H,52,53)(H,54,57). The lowest BCUT2D eigenvalue weighted by Gasteiger charge is -2.39. The van der Waals surface area contributed by atoms with E-state index >= 15 is 0 Å². The molecule has 2 aliphatic heterocycles. The van der Waals surface area contributed by atoms with Crippen molar-refractivity contribution in [2.24, 2.45) is 11.3 Å². The fourth-order valence-electron chi connectivity index (χ4n) is 8.74. The van der Waals surface area contributed by atoms with Crippen LogP contribution in [0.4, 0.5) is 11.5 Å². The molecule has 9 rings (SSSR count). The van der Waals surface area contributed by atoms with Gasteiger partial charge in [0, 0.05) is 104 Å². The van der Waals surface area contributed by atoms with Crippen molar-refractivity contribution in [3.05, 3.63) is 118 Å². The second-order valence-electron chi connectivity index (χ2n) is 17.2. The van der Waals surface area contributed by atoms with Gasteiger partial charge < -0.3 is 29.2 Å². The van der Waals surface area contributed by atoms with Gasteiger partial charge in [0.25, 0.3) is 5.91 Å². The third-order valence-electron chi connectivity index (χ3n) is 12.3. The van der Waals surface area contributed by atoms with Crippen molar-refractivity contribution in [1.29, 1.82) is 0 Å². The predicted molar refractivity (Wildman–Crippen MR) is 251 cm³/mol. The number of amides is 1. The van der Waals surface area contributed by atoms with Crippen molar-refractivity contribution in [2.75, 3.05) is 62.7 Å². The minimum atomic E-state index is -1.93. The van der Waals surface area contributed by atoms with Crippen molar-refractivity contribution < 1.29 is 18.8 Å². The molecule has 1 unspecified atom stereocenters. The van der Waals surface area contributed by atoms with Gasteiger partial charge in [-0.2, -0.15) is 4.72 Å². The van der Waals surface area contributed by atoms with Crippen molar-refractivity contribution in [2.45, 2.75) is 50.8 Å². The Bertz CT molecular complexity index is 2530. The number of aromatic amines is 1. The molecule has 0 saturated carbocycles. The average Bonchev–Trinajstić information content (AvgIpc) is 4.01. The number of rotatable bonds is 13. The van der Waals surface area contributed by atoms with Crippen molar-refractivity contribution >= 4 is 68.2 Å². The lowest BCUT2D eigenvalue weighted by atomic mass is 9.72. The molecule has 322 valence electrons. The summed E-state index contributed by atoms with van der Waals surface area (Å²) in [4.78, 5) is 31.9. The normalized spacial score (nSPS) is 17.9. The first-order valence-electron chi connectivity index (χ1n) is 21.4. The Morgan fingerprint density at radius 1 is 1.03 bits per heavy atom. The molecule has 14 heteroatoms. The molecule has 2 fully saturated rings. The summed E-state index contributed by atoms with van der Waals surface area (Å²) in [5.74, 6) is 1.62. The number of anilines is 2. The Morgan fingerprint density at radius 3 is 2.65 bits per heavy atom. The number of hydrogen-bond acceptors (Lipinski definition) is 10. The smallest absolute Gasteiger partial charge is 0.296 e. The van der Waals surface area contributed by atoms with Gasteiger partial charge in [0.2, 0.25) is 0 Å². The quantitative estimate of drug-likeness (QED) is 0.0971. The van der Waals surface area contributed by atoms with E-state index in [2.05, 4.69) is 60.8 Å². The minimum Gasteiger partial charge on any atom is -0.588 e. The van der Waals surface area contributed by atoms with Crippen molar-refractivity contribution in [3.8, 4) is 22.1 Å². The van der Waals surface area contributed by atoms with Crippen LogP contribution < -0.4 is 19.7 Å². The van der Waals surface area contributed by atoms with E-state index in [1.54, 1.807) is 24.5 Å². The van der Waals surface area contributed by atoms with E-state index in [1.165, 1.54) is 34.5 Å². The van der Waals surface area contributed by atoms with Crippen LogP contribution in [0.3, 0.4) is 0 Å². The number of carbonyl (C=O) groups is 1. The molecule has 5 heterocycles. The number of H-pyrrole nitrogens is 1. The second-order valence-corrected chi connectivity index (χ2v) is 19.8. The zero-order valence-corrected chi connectivity index (χ0v) is 37.5. The molecular weight excluding hydrogens is 838 g/mol. The van der Waals surface area contributed by atoms with Crippen LogP contribution >= 0.6 is 22.9 Å². The van der Waals surface area contributed by atoms with E-state index in [-0.39, 0.29) is 11.0 Å². The van der Waals surface area contributed by atoms with Crippen molar-refractivity contribution in [3.63, 3.8) is 0 Å². The second kappa shape index (κ2) is 18.8. The molecule has 2 saturated heterocycles. The van der Waals surface area contributed by atoms with E-state index in [9.17, 15) is 9.35 Å². The van der Waals surface area contributed by atoms with Crippen LogP contribution in [0, 0.1) is 11.3 Å². The highest BCUT2D eigenvalue weighted by molar-refractivity contribution is 7.90. The van der Waals surface area contributed by atoms with Gasteiger partial charge in [0.05, 0.1) is 17.3 Å². The minimum absolute atomic E-state index is 0.262. The number of halogens is 1. The lowest BCUT2D eigenvalue weighted by molar-refractivity contribution is 0.0699. The zero-order chi connectivity index (χ0) is 42.6. The van der Waals surface area contributed by atoms with Gasteiger partial charge >= 0.3 is 0 Å². The van der Waals surface area contributed by atoms with E-state index < -0.39 is 17.3 Å². The molecule has 6 aromatic rings. The van der Waals surface area contributed by atoms with Crippen LogP contribution in [0.2, 0.25) is 5.02 Å². The highest BCUT2D eigenvalue weighted by Crippen LogP contribution is 2.44. The maximum Gasteiger partial charge on any atom is 0.296 e.